The summed E-state index contributed by atoms with van der Waals surface area (Å²) in [5.41, 5.74) is 4.60. The molecule has 3 aromatic rings. The van der Waals surface area contributed by atoms with Crippen LogP contribution in [0.2, 0.25) is 0 Å². The Kier molecular flexibility index (Phi) is 5.94. The van der Waals surface area contributed by atoms with E-state index in [0.29, 0.717) is 6.61 Å². The summed E-state index contributed by atoms with van der Waals surface area (Å²) in [5, 5.41) is 7.28. The summed E-state index contributed by atoms with van der Waals surface area (Å²) in [6.07, 6.45) is 4.59. The van der Waals surface area contributed by atoms with Crippen LogP contribution in [0.4, 0.5) is 0 Å². The highest BCUT2D eigenvalue weighted by Crippen LogP contribution is 2.41. The van der Waals surface area contributed by atoms with Crippen molar-refractivity contribution in [2.75, 3.05) is 20.3 Å². The Balaban J connectivity index is 1.77. The number of methoxy groups -OCH3 is 1. The number of hydrogen-bond donors (Lipinski definition) is 1. The Morgan fingerprint density at radius 2 is 2.10 bits per heavy atom. The average molecular weight is 428 g/mol. The standard InChI is InChI=1S/C21H25N5OS2/c1-14-13-16(15(2)26(14)21-23-9-12-29-21)19-18(17-7-4-5-8-22-17)24-20(28)25(19)10-6-11-27-3/h4-5,7-9,12-13,18-19H,6,10-11H2,1-3H3,(H,24,28)/t18-,19+/m0/s1. The lowest BCUT2D eigenvalue weighted by atomic mass is 9.96. The summed E-state index contributed by atoms with van der Waals surface area (Å²) in [5.74, 6) is 0. The fourth-order valence-corrected chi connectivity index (χ4v) is 5.16. The van der Waals surface area contributed by atoms with Crippen LogP contribution in [0.15, 0.2) is 42.0 Å². The Labute approximate surface area is 180 Å². The molecular formula is C21H25N5OS2. The molecule has 8 heteroatoms. The highest BCUT2D eigenvalue weighted by Gasteiger charge is 2.41. The van der Waals surface area contributed by atoms with Crippen molar-refractivity contribution in [3.63, 3.8) is 0 Å². The van der Waals surface area contributed by atoms with E-state index in [9.17, 15) is 0 Å². The molecule has 1 N–H and O–H groups in total. The number of pyridine rings is 1. The first-order valence-electron chi connectivity index (χ1n) is 9.67. The number of ether oxygens (including phenoxy) is 1. The minimum Gasteiger partial charge on any atom is -0.385 e. The third-order valence-electron chi connectivity index (χ3n) is 5.34. The van der Waals surface area contributed by atoms with Crippen molar-refractivity contribution in [1.82, 2.24) is 24.8 Å². The molecule has 6 nitrogen and oxygen atoms in total. The molecule has 0 unspecified atom stereocenters. The molecule has 1 saturated heterocycles. The highest BCUT2D eigenvalue weighted by molar-refractivity contribution is 7.80. The van der Waals surface area contributed by atoms with Gasteiger partial charge in [-0.25, -0.2) is 4.98 Å². The monoisotopic (exact) mass is 427 g/mol. The van der Waals surface area contributed by atoms with E-state index in [1.54, 1.807) is 18.4 Å². The summed E-state index contributed by atoms with van der Waals surface area (Å²) in [7, 11) is 1.73. The van der Waals surface area contributed by atoms with Crippen molar-refractivity contribution in [1.29, 1.82) is 0 Å². The van der Waals surface area contributed by atoms with Gasteiger partial charge in [-0.3, -0.25) is 9.55 Å². The van der Waals surface area contributed by atoms with Gasteiger partial charge in [-0.15, -0.1) is 11.3 Å². The zero-order valence-corrected chi connectivity index (χ0v) is 18.5. The molecule has 0 radical (unpaired) electrons. The van der Waals surface area contributed by atoms with Gasteiger partial charge in [0.05, 0.1) is 17.8 Å². The van der Waals surface area contributed by atoms with Gasteiger partial charge in [-0.05, 0) is 56.2 Å². The van der Waals surface area contributed by atoms with Crippen LogP contribution < -0.4 is 5.32 Å². The highest BCUT2D eigenvalue weighted by atomic mass is 32.1. The molecule has 0 aliphatic carbocycles. The molecule has 0 amide bonds. The molecule has 0 bridgehead atoms. The minimum atomic E-state index is -0.00325. The van der Waals surface area contributed by atoms with Crippen molar-refractivity contribution in [2.45, 2.75) is 32.4 Å². The molecular weight excluding hydrogens is 402 g/mol. The van der Waals surface area contributed by atoms with Crippen molar-refractivity contribution in [3.05, 3.63) is 64.7 Å². The maximum Gasteiger partial charge on any atom is 0.193 e. The number of thiocarbonyl (C=S) groups is 1. The maximum absolute atomic E-state index is 5.74. The lowest BCUT2D eigenvalue weighted by molar-refractivity contribution is 0.180. The third kappa shape index (κ3) is 3.80. The van der Waals surface area contributed by atoms with Gasteiger partial charge in [-0.1, -0.05) is 6.07 Å². The zero-order valence-electron chi connectivity index (χ0n) is 16.8. The second-order valence-corrected chi connectivity index (χ2v) is 8.40. The van der Waals surface area contributed by atoms with Crippen molar-refractivity contribution in [2.24, 2.45) is 0 Å². The second kappa shape index (κ2) is 8.61. The molecule has 0 spiro atoms. The number of rotatable bonds is 7. The number of hydrogen-bond acceptors (Lipinski definition) is 5. The summed E-state index contributed by atoms with van der Waals surface area (Å²) < 4.78 is 7.50. The van der Waals surface area contributed by atoms with Crippen LogP contribution in [0.3, 0.4) is 0 Å². The van der Waals surface area contributed by atoms with E-state index >= 15 is 0 Å². The van der Waals surface area contributed by atoms with Crippen LogP contribution in [0.25, 0.3) is 5.13 Å². The lowest BCUT2D eigenvalue weighted by Gasteiger charge is -2.28. The van der Waals surface area contributed by atoms with Crippen LogP contribution in [-0.4, -0.2) is 44.8 Å². The van der Waals surface area contributed by atoms with E-state index in [1.165, 1.54) is 17.0 Å². The molecule has 152 valence electrons. The van der Waals surface area contributed by atoms with Crippen LogP contribution in [-0.2, 0) is 4.74 Å². The average Bonchev–Trinajstić information content (AvgIpc) is 3.42. The lowest BCUT2D eigenvalue weighted by Crippen LogP contribution is -2.31. The van der Waals surface area contributed by atoms with Gasteiger partial charge in [0.25, 0.3) is 0 Å². The SMILES string of the molecule is COCCCN1C(=S)N[C@@H](c2ccccn2)[C@H]1c1cc(C)n(-c2nccs2)c1C. The van der Waals surface area contributed by atoms with Gasteiger partial charge in [0.15, 0.2) is 10.2 Å². The topological polar surface area (TPSA) is 55.2 Å². The smallest absolute Gasteiger partial charge is 0.193 e. The molecule has 0 aromatic carbocycles. The van der Waals surface area contributed by atoms with Gasteiger partial charge in [0, 0.05) is 49.4 Å². The van der Waals surface area contributed by atoms with Gasteiger partial charge < -0.3 is 15.0 Å². The molecule has 0 saturated carbocycles. The van der Waals surface area contributed by atoms with Crippen LogP contribution in [0.1, 0.15) is 41.1 Å². The Morgan fingerprint density at radius 3 is 2.79 bits per heavy atom. The molecule has 1 aliphatic rings. The van der Waals surface area contributed by atoms with Crippen LogP contribution >= 0.6 is 23.6 Å². The van der Waals surface area contributed by atoms with Crippen molar-refractivity contribution < 1.29 is 4.74 Å². The summed E-state index contributed by atoms with van der Waals surface area (Å²) in [4.78, 5) is 11.4. The Hall–Kier alpha value is -2.29. The number of aryl methyl sites for hydroxylation is 1. The molecule has 29 heavy (non-hydrogen) atoms. The van der Waals surface area contributed by atoms with Crippen molar-refractivity contribution >= 4 is 28.7 Å². The van der Waals surface area contributed by atoms with Crippen molar-refractivity contribution in [3.8, 4) is 5.13 Å². The quantitative estimate of drug-likeness (QED) is 0.455. The zero-order chi connectivity index (χ0) is 20.4. The van der Waals surface area contributed by atoms with E-state index in [0.717, 1.165) is 28.9 Å². The first kappa shape index (κ1) is 20.0. The van der Waals surface area contributed by atoms with E-state index in [4.69, 9.17) is 17.0 Å². The Morgan fingerprint density at radius 1 is 1.24 bits per heavy atom. The van der Waals surface area contributed by atoms with Gasteiger partial charge in [0.2, 0.25) is 0 Å². The Bertz CT molecular complexity index is 971. The largest absolute Gasteiger partial charge is 0.385 e. The van der Waals surface area contributed by atoms with Gasteiger partial charge >= 0.3 is 0 Å². The third-order valence-corrected chi connectivity index (χ3v) is 6.45. The predicted octanol–water partition coefficient (Wildman–Crippen LogP) is 3.95. The van der Waals surface area contributed by atoms with Crippen LogP contribution in [0.5, 0.6) is 0 Å². The number of aromatic nitrogens is 3. The first-order valence-corrected chi connectivity index (χ1v) is 11.0. The fourth-order valence-electron chi connectivity index (χ4n) is 4.07. The maximum atomic E-state index is 5.74. The normalized spacial score (nSPS) is 19.0. The number of nitrogens with one attached hydrogen (secondary N) is 1. The molecule has 2 atom stereocenters. The summed E-state index contributed by atoms with van der Waals surface area (Å²) in [6.45, 7) is 5.82. The van der Waals surface area contributed by atoms with E-state index < -0.39 is 0 Å². The first-order chi connectivity index (χ1) is 14.1. The van der Waals surface area contributed by atoms with E-state index in [-0.39, 0.29) is 12.1 Å². The fraction of sp³-hybridized carbons (Fsp3) is 0.381. The molecule has 4 heterocycles. The molecule has 1 aliphatic heterocycles. The molecule has 3 aromatic heterocycles. The molecule has 1 fully saturated rings. The molecule has 4 rings (SSSR count). The summed E-state index contributed by atoms with van der Waals surface area (Å²) in [6, 6.07) is 8.35. The van der Waals surface area contributed by atoms with Gasteiger partial charge in [0.1, 0.15) is 0 Å². The van der Waals surface area contributed by atoms with Gasteiger partial charge in [-0.2, -0.15) is 0 Å². The van der Waals surface area contributed by atoms with E-state index in [2.05, 4.69) is 50.7 Å². The summed E-state index contributed by atoms with van der Waals surface area (Å²) >= 11 is 7.38. The second-order valence-electron chi connectivity index (χ2n) is 7.14. The predicted molar refractivity (Wildman–Crippen MR) is 120 cm³/mol. The minimum absolute atomic E-state index is 0.00325. The van der Waals surface area contributed by atoms with E-state index in [1.807, 2.05) is 29.9 Å². The van der Waals surface area contributed by atoms with Crippen LogP contribution in [0, 0.1) is 13.8 Å². The number of nitrogens with zero attached hydrogens (tertiary/aromatic N) is 4. The number of thiazole rings is 1.